The molecule has 228 valence electrons. The van der Waals surface area contributed by atoms with Crippen LogP contribution in [0.25, 0.3) is 71.0 Å². The second-order valence-electron chi connectivity index (χ2n) is 12.0. The third-order valence-electron chi connectivity index (χ3n) is 9.08. The lowest BCUT2D eigenvalue weighted by Gasteiger charge is -2.19. The van der Waals surface area contributed by atoms with E-state index in [0.29, 0.717) is 5.71 Å². The number of furan rings is 1. The molecule has 0 fully saturated rings. The van der Waals surface area contributed by atoms with Crippen LogP contribution >= 0.6 is 0 Å². The predicted octanol–water partition coefficient (Wildman–Crippen LogP) is 12.9. The number of rotatable bonds is 3. The molecular weight excluding hydrogens is 583 g/mol. The number of allylic oxidation sites excluding steroid dienone is 6. The highest BCUT2D eigenvalue weighted by Crippen LogP contribution is 2.47. The van der Waals surface area contributed by atoms with Crippen molar-refractivity contribution in [3.8, 4) is 11.1 Å². The Morgan fingerprint density at radius 1 is 0.583 bits per heavy atom. The average Bonchev–Trinajstić information content (AvgIpc) is 3.53. The summed E-state index contributed by atoms with van der Waals surface area (Å²) in [7, 11) is 0. The summed E-state index contributed by atoms with van der Waals surface area (Å²) in [5, 5.41) is 18.3. The summed E-state index contributed by atoms with van der Waals surface area (Å²) >= 11 is 0. The monoisotopic (exact) mass is 615 g/mol. The lowest BCUT2D eigenvalue weighted by atomic mass is 9.83. The highest BCUT2D eigenvalue weighted by Gasteiger charge is 2.24. The molecule has 48 heavy (non-hydrogen) atoms. The molecule has 2 heteroatoms. The first-order valence-electron chi connectivity index (χ1n) is 16.3. The second kappa shape index (κ2) is 12.2. The van der Waals surface area contributed by atoms with Gasteiger partial charge in [-0.3, -0.25) is 0 Å². The molecule has 0 atom stereocenters. The molecule has 8 aromatic rings. The Balaban J connectivity index is 0.00000108. The van der Waals surface area contributed by atoms with Gasteiger partial charge in [-0.05, 0) is 86.0 Å². The zero-order chi connectivity index (χ0) is 32.6. The van der Waals surface area contributed by atoms with E-state index in [-0.39, 0.29) is 0 Å². The van der Waals surface area contributed by atoms with E-state index >= 15 is 0 Å². The number of benzene rings is 7. The van der Waals surface area contributed by atoms with Crippen LogP contribution in [0, 0.1) is 5.41 Å². The summed E-state index contributed by atoms with van der Waals surface area (Å²) in [5.41, 5.74) is 8.56. The number of hydrogen-bond donors (Lipinski definition) is 1. The standard InChI is InChI=1S/C43H27NO.C3H6/c44-38-23-10-8-21-34(38)40(29-16-12-15-28(25-29)27-13-2-1-3-14-27)37-26-36-32-19-5-4-17-30(32)31-18-6-7-20-33(31)41(36)43-42(37)35-22-9-11-24-39(35)45-43;1-3-2/h1-26,44H;3H,1H2,2H3/b40-34-,44-38?;. The van der Waals surface area contributed by atoms with Gasteiger partial charge in [0.25, 0.3) is 0 Å². The van der Waals surface area contributed by atoms with Crippen LogP contribution in [0.2, 0.25) is 0 Å². The molecule has 0 aliphatic heterocycles. The van der Waals surface area contributed by atoms with Gasteiger partial charge < -0.3 is 9.83 Å². The average molecular weight is 616 g/mol. The number of para-hydroxylation sites is 1. The van der Waals surface area contributed by atoms with Crippen molar-refractivity contribution in [3.63, 3.8) is 0 Å². The van der Waals surface area contributed by atoms with Crippen LogP contribution in [0.1, 0.15) is 18.1 Å². The Morgan fingerprint density at radius 2 is 1.17 bits per heavy atom. The summed E-state index contributed by atoms with van der Waals surface area (Å²) in [5.74, 6) is 0. The zero-order valence-corrected chi connectivity index (χ0v) is 26.7. The normalized spacial score (nSPS) is 13.7. The van der Waals surface area contributed by atoms with Gasteiger partial charge in [-0.2, -0.15) is 0 Å². The highest BCUT2D eigenvalue weighted by atomic mass is 16.3. The van der Waals surface area contributed by atoms with Crippen LogP contribution in [0.4, 0.5) is 0 Å². The van der Waals surface area contributed by atoms with Crippen molar-refractivity contribution in [1.82, 2.24) is 0 Å². The van der Waals surface area contributed by atoms with Gasteiger partial charge in [0.05, 0.1) is 5.71 Å². The molecule has 1 aliphatic rings. The van der Waals surface area contributed by atoms with Gasteiger partial charge in [0.1, 0.15) is 11.2 Å². The van der Waals surface area contributed by atoms with Gasteiger partial charge in [-0.1, -0.05) is 140 Å². The van der Waals surface area contributed by atoms with E-state index in [2.05, 4.69) is 134 Å². The minimum absolute atomic E-state index is 0.488. The van der Waals surface area contributed by atoms with E-state index in [4.69, 9.17) is 9.83 Å². The van der Waals surface area contributed by atoms with Crippen molar-refractivity contribution in [2.24, 2.45) is 0 Å². The van der Waals surface area contributed by atoms with Gasteiger partial charge in [-0.15, -0.1) is 6.58 Å². The minimum atomic E-state index is 0.488. The van der Waals surface area contributed by atoms with Crippen molar-refractivity contribution in [3.05, 3.63) is 187 Å². The van der Waals surface area contributed by atoms with Crippen LogP contribution in [0.5, 0.6) is 0 Å². The topological polar surface area (TPSA) is 37.0 Å². The fraction of sp³-hybridized carbons (Fsp3) is 0.0217. The summed E-state index contributed by atoms with van der Waals surface area (Å²) in [6, 6.07) is 47.2. The summed E-state index contributed by atoms with van der Waals surface area (Å²) < 4.78 is 6.85. The molecule has 0 unspecified atom stereocenters. The first-order valence-corrected chi connectivity index (χ1v) is 16.3. The van der Waals surface area contributed by atoms with E-state index in [1.807, 2.05) is 37.3 Å². The first kappa shape index (κ1) is 29.2. The van der Waals surface area contributed by atoms with Crippen LogP contribution in [0.15, 0.2) is 180 Å². The molecule has 1 aromatic heterocycles. The van der Waals surface area contributed by atoms with Crippen molar-refractivity contribution < 1.29 is 4.42 Å². The van der Waals surface area contributed by atoms with E-state index < -0.39 is 0 Å². The maximum absolute atomic E-state index is 9.11. The fourth-order valence-corrected chi connectivity index (χ4v) is 7.11. The molecule has 1 N–H and O–H groups in total. The molecule has 1 aliphatic carbocycles. The summed E-state index contributed by atoms with van der Waals surface area (Å²) in [4.78, 5) is 0. The Morgan fingerprint density at radius 3 is 1.90 bits per heavy atom. The summed E-state index contributed by atoms with van der Waals surface area (Å²) in [6.45, 7) is 5.25. The van der Waals surface area contributed by atoms with Crippen molar-refractivity contribution in [2.75, 3.05) is 0 Å². The number of nitrogens with one attached hydrogen (secondary N) is 1. The first-order chi connectivity index (χ1) is 23.7. The molecule has 0 bridgehead atoms. The molecule has 2 nitrogen and oxygen atoms in total. The third-order valence-corrected chi connectivity index (χ3v) is 9.08. The molecule has 0 amide bonds. The van der Waals surface area contributed by atoms with E-state index in [1.54, 1.807) is 6.08 Å². The van der Waals surface area contributed by atoms with Crippen molar-refractivity contribution >= 4 is 65.5 Å². The van der Waals surface area contributed by atoms with Gasteiger partial charge in [0.15, 0.2) is 0 Å². The Kier molecular flexibility index (Phi) is 7.39. The molecule has 0 saturated carbocycles. The molecule has 0 spiro atoms. The zero-order valence-electron chi connectivity index (χ0n) is 26.7. The smallest absolute Gasteiger partial charge is 0.144 e. The van der Waals surface area contributed by atoms with E-state index in [0.717, 1.165) is 66.1 Å². The molecular formula is C46H33NO. The molecule has 1 heterocycles. The molecule has 9 rings (SSSR count). The van der Waals surface area contributed by atoms with Crippen molar-refractivity contribution in [2.45, 2.75) is 6.92 Å². The number of fused-ring (bicyclic) bond motifs is 10. The van der Waals surface area contributed by atoms with Gasteiger partial charge >= 0.3 is 0 Å². The van der Waals surface area contributed by atoms with E-state index in [9.17, 15) is 0 Å². The van der Waals surface area contributed by atoms with Gasteiger partial charge in [0.2, 0.25) is 0 Å². The largest absolute Gasteiger partial charge is 0.455 e. The fourth-order valence-electron chi connectivity index (χ4n) is 7.11. The van der Waals surface area contributed by atoms with Crippen LogP contribution in [0.3, 0.4) is 0 Å². The Bertz CT molecular complexity index is 2650. The quantitative estimate of drug-likeness (QED) is 0.156. The predicted molar refractivity (Wildman–Crippen MR) is 206 cm³/mol. The highest BCUT2D eigenvalue weighted by molar-refractivity contribution is 6.34. The van der Waals surface area contributed by atoms with Crippen LogP contribution in [-0.4, -0.2) is 5.71 Å². The second-order valence-corrected chi connectivity index (χ2v) is 12.0. The van der Waals surface area contributed by atoms with Crippen LogP contribution in [-0.2, 0) is 0 Å². The minimum Gasteiger partial charge on any atom is -0.455 e. The Hall–Kier alpha value is -6.25. The van der Waals surface area contributed by atoms with Gasteiger partial charge in [0, 0.05) is 21.7 Å². The summed E-state index contributed by atoms with van der Waals surface area (Å²) in [6.07, 6.45) is 9.67. The van der Waals surface area contributed by atoms with Crippen molar-refractivity contribution in [1.29, 1.82) is 5.41 Å². The maximum atomic E-state index is 9.11. The van der Waals surface area contributed by atoms with E-state index in [1.165, 1.54) is 21.5 Å². The SMILES string of the molecule is C=CC.N=C1C=CC=C/C1=C(\c1cccc(-c2ccccc2)c1)c1cc2c3ccccc3c3ccccc3c2c2oc3ccccc3c12. The van der Waals surface area contributed by atoms with Gasteiger partial charge in [-0.25, -0.2) is 0 Å². The van der Waals surface area contributed by atoms with Crippen LogP contribution < -0.4 is 0 Å². The maximum Gasteiger partial charge on any atom is 0.144 e. The third kappa shape index (κ3) is 4.78. The molecule has 0 saturated heterocycles. The number of hydrogen-bond acceptors (Lipinski definition) is 2. The molecule has 0 radical (unpaired) electrons. The Labute approximate surface area is 279 Å². The lowest BCUT2D eigenvalue weighted by Crippen LogP contribution is -2.04. The lowest BCUT2D eigenvalue weighted by molar-refractivity contribution is 0.673. The molecule has 7 aromatic carbocycles.